The molecule has 0 bridgehead atoms. The predicted molar refractivity (Wildman–Crippen MR) is 66.8 cm³/mol. The lowest BCUT2D eigenvalue weighted by Crippen LogP contribution is -1.92. The highest BCUT2D eigenvalue weighted by Crippen LogP contribution is 2.39. The summed E-state index contributed by atoms with van der Waals surface area (Å²) in [6.07, 6.45) is 0. The third-order valence-corrected chi connectivity index (χ3v) is 5.11. The SMILES string of the molecule is ClN(Br)c1ccc(Br)c(Br)c1Br. The van der Waals surface area contributed by atoms with E-state index in [1.807, 2.05) is 12.1 Å². The highest BCUT2D eigenvalue weighted by molar-refractivity contribution is 9.14. The molecule has 0 saturated carbocycles. The molecule has 0 aliphatic heterocycles. The molecular formula is C6H2Br4ClN. The molecule has 0 radical (unpaired) electrons. The van der Waals surface area contributed by atoms with E-state index in [4.69, 9.17) is 11.8 Å². The predicted octanol–water partition coefficient (Wildman–Crippen LogP) is 5.24. The van der Waals surface area contributed by atoms with Crippen LogP contribution in [0.5, 0.6) is 0 Å². The summed E-state index contributed by atoms with van der Waals surface area (Å²) in [6.45, 7) is 0. The van der Waals surface area contributed by atoms with Gasteiger partial charge in [0.15, 0.2) is 0 Å². The van der Waals surface area contributed by atoms with Crippen LogP contribution in [0, 0.1) is 0 Å². The van der Waals surface area contributed by atoms with E-state index in [0.717, 1.165) is 19.1 Å². The van der Waals surface area contributed by atoms with Crippen molar-refractivity contribution in [1.82, 2.24) is 0 Å². The van der Waals surface area contributed by atoms with Crippen LogP contribution in [-0.4, -0.2) is 0 Å². The van der Waals surface area contributed by atoms with Crippen molar-refractivity contribution in [2.24, 2.45) is 0 Å². The Bertz CT molecular complexity index is 302. The van der Waals surface area contributed by atoms with Gasteiger partial charge >= 0.3 is 0 Å². The fraction of sp³-hybridized carbons (Fsp3) is 0. The van der Waals surface area contributed by atoms with Crippen LogP contribution in [0.4, 0.5) is 5.69 Å². The first-order valence-electron chi connectivity index (χ1n) is 2.79. The minimum Gasteiger partial charge on any atom is -0.217 e. The van der Waals surface area contributed by atoms with Crippen molar-refractivity contribution in [1.29, 1.82) is 0 Å². The molecule has 0 aromatic heterocycles. The number of benzene rings is 1. The molecule has 1 rings (SSSR count). The number of hydrogen-bond acceptors (Lipinski definition) is 1. The quantitative estimate of drug-likeness (QED) is 0.424. The van der Waals surface area contributed by atoms with E-state index in [9.17, 15) is 0 Å². The first-order chi connectivity index (χ1) is 5.54. The second-order valence-corrected chi connectivity index (χ2v) is 5.82. The van der Waals surface area contributed by atoms with Crippen molar-refractivity contribution in [3.05, 3.63) is 25.6 Å². The Kier molecular flexibility index (Phi) is 4.37. The Morgan fingerprint density at radius 2 is 1.67 bits per heavy atom. The summed E-state index contributed by atoms with van der Waals surface area (Å²) in [7, 11) is 0. The summed E-state index contributed by atoms with van der Waals surface area (Å²) < 4.78 is 4.15. The molecule has 0 unspecified atom stereocenters. The van der Waals surface area contributed by atoms with Gasteiger partial charge in [-0.3, -0.25) is 0 Å². The number of halogens is 5. The van der Waals surface area contributed by atoms with Gasteiger partial charge in [-0.25, -0.2) is 3.45 Å². The Morgan fingerprint density at radius 3 is 2.17 bits per heavy atom. The standard InChI is InChI=1S/C6H2Br4ClN/c7-3-1-2-4(12(10)11)6(9)5(3)8/h1-2H. The second kappa shape index (κ2) is 4.64. The molecule has 0 heterocycles. The Labute approximate surface area is 109 Å². The molecule has 1 nitrogen and oxygen atoms in total. The minimum absolute atomic E-state index is 0.840. The van der Waals surface area contributed by atoms with Crippen molar-refractivity contribution in [3.8, 4) is 0 Å². The summed E-state index contributed by atoms with van der Waals surface area (Å²) in [5, 5.41) is 0. The minimum atomic E-state index is 0.840. The van der Waals surface area contributed by atoms with Crippen molar-refractivity contribution in [2.45, 2.75) is 0 Å². The summed E-state index contributed by atoms with van der Waals surface area (Å²) in [5.74, 6) is 0. The number of anilines is 1. The van der Waals surface area contributed by atoms with E-state index in [-0.39, 0.29) is 0 Å². The lowest BCUT2D eigenvalue weighted by Gasteiger charge is -2.10. The van der Waals surface area contributed by atoms with Crippen LogP contribution in [0.2, 0.25) is 0 Å². The molecule has 0 amide bonds. The van der Waals surface area contributed by atoms with Gasteiger partial charge in [-0.15, -0.1) is 0 Å². The van der Waals surface area contributed by atoms with E-state index in [0.29, 0.717) is 0 Å². The molecule has 66 valence electrons. The van der Waals surface area contributed by atoms with E-state index < -0.39 is 0 Å². The molecule has 1 aromatic carbocycles. The first kappa shape index (κ1) is 11.3. The maximum atomic E-state index is 5.72. The largest absolute Gasteiger partial charge is 0.217 e. The van der Waals surface area contributed by atoms with Gasteiger partial charge in [-0.05, 0) is 59.9 Å². The fourth-order valence-corrected chi connectivity index (χ4v) is 2.88. The first-order valence-corrected chi connectivity index (χ1v) is 6.22. The third-order valence-electron chi connectivity index (χ3n) is 1.20. The van der Waals surface area contributed by atoms with Gasteiger partial charge in [0.2, 0.25) is 0 Å². The smallest absolute Gasteiger partial charge is 0.0806 e. The molecule has 1 aromatic rings. The molecule has 0 N–H and O–H groups in total. The average molecular weight is 443 g/mol. The zero-order valence-electron chi connectivity index (χ0n) is 5.49. The van der Waals surface area contributed by atoms with Gasteiger partial charge in [0.05, 0.1) is 26.3 Å². The van der Waals surface area contributed by atoms with Gasteiger partial charge in [0, 0.05) is 20.7 Å². The van der Waals surface area contributed by atoms with Crippen LogP contribution in [0.25, 0.3) is 0 Å². The van der Waals surface area contributed by atoms with Gasteiger partial charge < -0.3 is 0 Å². The molecule has 12 heavy (non-hydrogen) atoms. The number of hydrogen-bond donors (Lipinski definition) is 0. The maximum absolute atomic E-state index is 5.72. The molecule has 0 aliphatic rings. The van der Waals surface area contributed by atoms with Crippen LogP contribution < -0.4 is 3.45 Å². The van der Waals surface area contributed by atoms with Crippen molar-refractivity contribution in [2.75, 3.05) is 3.45 Å². The highest BCUT2D eigenvalue weighted by atomic mass is 79.9. The third kappa shape index (κ3) is 2.38. The molecular weight excluding hydrogens is 441 g/mol. The summed E-state index contributed by atoms with van der Waals surface area (Å²) >= 11 is 19.0. The number of rotatable bonds is 1. The van der Waals surface area contributed by atoms with Gasteiger partial charge in [0.25, 0.3) is 0 Å². The molecule has 0 spiro atoms. The molecule has 0 aliphatic carbocycles. The zero-order chi connectivity index (χ0) is 9.30. The monoisotopic (exact) mass is 439 g/mol. The summed E-state index contributed by atoms with van der Waals surface area (Å²) in [6, 6.07) is 3.78. The molecule has 0 saturated heterocycles. The normalized spacial score (nSPS) is 10.1. The van der Waals surface area contributed by atoms with Crippen LogP contribution in [0.3, 0.4) is 0 Å². The Hall–Kier alpha value is 1.23. The fourth-order valence-electron chi connectivity index (χ4n) is 0.646. The lowest BCUT2D eigenvalue weighted by atomic mass is 10.3. The summed E-state index contributed by atoms with van der Waals surface area (Å²) in [4.78, 5) is 0. The average Bonchev–Trinajstić information content (AvgIpc) is 2.00. The van der Waals surface area contributed by atoms with Crippen LogP contribution in [0.1, 0.15) is 0 Å². The van der Waals surface area contributed by atoms with E-state index in [2.05, 4.69) is 63.9 Å². The van der Waals surface area contributed by atoms with Crippen molar-refractivity contribution >= 4 is 81.4 Å². The van der Waals surface area contributed by atoms with Crippen LogP contribution in [-0.2, 0) is 0 Å². The van der Waals surface area contributed by atoms with Crippen LogP contribution >= 0.6 is 75.7 Å². The highest BCUT2D eigenvalue weighted by Gasteiger charge is 2.10. The molecule has 0 fully saturated rings. The lowest BCUT2D eigenvalue weighted by molar-refractivity contribution is 1.49. The zero-order valence-corrected chi connectivity index (χ0v) is 12.6. The Balaban J connectivity index is 3.27. The summed E-state index contributed by atoms with van der Waals surface area (Å²) in [5.41, 5.74) is 0.840. The van der Waals surface area contributed by atoms with Gasteiger partial charge in [0.1, 0.15) is 0 Å². The van der Waals surface area contributed by atoms with Gasteiger partial charge in [-0.1, -0.05) is 0 Å². The topological polar surface area (TPSA) is 3.24 Å². The molecule has 6 heteroatoms. The van der Waals surface area contributed by atoms with E-state index in [1.54, 1.807) is 0 Å². The van der Waals surface area contributed by atoms with Crippen molar-refractivity contribution < 1.29 is 0 Å². The maximum Gasteiger partial charge on any atom is 0.0806 e. The van der Waals surface area contributed by atoms with Crippen molar-refractivity contribution in [3.63, 3.8) is 0 Å². The molecule has 0 atom stereocenters. The van der Waals surface area contributed by atoms with E-state index in [1.165, 1.54) is 3.45 Å². The van der Waals surface area contributed by atoms with E-state index >= 15 is 0 Å². The van der Waals surface area contributed by atoms with Crippen LogP contribution in [0.15, 0.2) is 25.6 Å². The number of nitrogens with zero attached hydrogens (tertiary/aromatic N) is 1. The second-order valence-electron chi connectivity index (χ2n) is 1.93. The Morgan fingerprint density at radius 1 is 1.08 bits per heavy atom. The van der Waals surface area contributed by atoms with Gasteiger partial charge in [-0.2, -0.15) is 0 Å².